The smallest absolute Gasteiger partial charge is 0.355 e. The maximum absolute atomic E-state index is 12.4. The maximum atomic E-state index is 12.4. The minimum absolute atomic E-state index is 0.0613. The highest BCUT2D eigenvalue weighted by atomic mass is 32.2. The van der Waals surface area contributed by atoms with Crippen LogP contribution in [0.3, 0.4) is 0 Å². The number of nitrogens with zero attached hydrogens (tertiary/aromatic N) is 2. The summed E-state index contributed by atoms with van der Waals surface area (Å²) in [4.78, 5) is 29.3. The highest BCUT2D eigenvalue weighted by molar-refractivity contribution is 8.01. The molecule has 1 amide bonds. The topological polar surface area (TPSA) is 101 Å². The minimum Gasteiger partial charge on any atom is -0.494 e. The van der Waals surface area contributed by atoms with Crippen molar-refractivity contribution in [1.82, 2.24) is 9.88 Å². The number of aromatic carboxylic acids is 1. The predicted molar refractivity (Wildman–Crippen MR) is 122 cm³/mol. The van der Waals surface area contributed by atoms with Crippen LogP contribution in [-0.2, 0) is 4.79 Å². The van der Waals surface area contributed by atoms with Crippen molar-refractivity contribution in [3.05, 3.63) is 29.3 Å². The van der Waals surface area contributed by atoms with E-state index in [1.165, 1.54) is 28.5 Å². The molecular weight excluding hydrogens is 438 g/mol. The molecule has 0 spiro atoms. The van der Waals surface area contributed by atoms with Gasteiger partial charge in [-0.3, -0.25) is 4.79 Å². The van der Waals surface area contributed by atoms with Gasteiger partial charge < -0.3 is 24.8 Å². The lowest BCUT2D eigenvalue weighted by Gasteiger charge is -2.25. The zero-order valence-corrected chi connectivity index (χ0v) is 19.3. The van der Waals surface area contributed by atoms with Gasteiger partial charge in [0.2, 0.25) is 5.91 Å². The van der Waals surface area contributed by atoms with Gasteiger partial charge in [0.1, 0.15) is 11.5 Å². The molecule has 2 heterocycles. The predicted octanol–water partition coefficient (Wildman–Crippen LogP) is 3.83. The number of amides is 1. The zero-order valence-electron chi connectivity index (χ0n) is 17.6. The van der Waals surface area contributed by atoms with E-state index in [0.29, 0.717) is 42.8 Å². The zero-order chi connectivity index (χ0) is 22.2. The average molecular weight is 466 g/mol. The summed E-state index contributed by atoms with van der Waals surface area (Å²) in [6.07, 6.45) is 1.33. The number of carboxylic acids is 1. The summed E-state index contributed by atoms with van der Waals surface area (Å²) in [5, 5.41) is 13.9. The summed E-state index contributed by atoms with van der Waals surface area (Å²) in [7, 11) is 0. The van der Waals surface area contributed by atoms with Gasteiger partial charge in [-0.25, -0.2) is 9.78 Å². The Balaban J connectivity index is 1.57. The van der Waals surface area contributed by atoms with Crippen molar-refractivity contribution in [3.63, 3.8) is 0 Å². The molecule has 1 aliphatic heterocycles. The first-order chi connectivity index (χ1) is 15.0. The van der Waals surface area contributed by atoms with E-state index >= 15 is 0 Å². The Morgan fingerprint density at radius 2 is 2.16 bits per heavy atom. The molecule has 1 aromatic heterocycles. The quantitative estimate of drug-likeness (QED) is 0.456. The lowest BCUT2D eigenvalue weighted by molar-refractivity contribution is -0.128. The van der Waals surface area contributed by atoms with Gasteiger partial charge in [0, 0.05) is 42.8 Å². The van der Waals surface area contributed by atoms with E-state index < -0.39 is 5.97 Å². The second-order valence-corrected chi connectivity index (χ2v) is 9.04. The van der Waals surface area contributed by atoms with E-state index in [2.05, 4.69) is 10.3 Å². The number of rotatable bonds is 12. The third kappa shape index (κ3) is 6.27. The standard InChI is InChI=1S/C21H27N3O5S2/c1-3-28-15-6-7-18(29-4-2)16(11-15)22-12-14-5-8-19(25)24(14)9-10-30-21-23-17(13-31-21)20(26)27/h6-7,11,13-14,22H,3-5,8-10,12H2,1-2H3,(H,26,27). The molecule has 2 aromatic rings. The Kier molecular flexibility index (Phi) is 8.42. The number of thioether (sulfide) groups is 1. The van der Waals surface area contributed by atoms with Gasteiger partial charge in [-0.15, -0.1) is 11.3 Å². The van der Waals surface area contributed by atoms with E-state index in [1.807, 2.05) is 36.9 Å². The molecule has 3 rings (SSSR count). The molecule has 1 atom stereocenters. The number of thiazole rings is 1. The third-order valence-corrected chi connectivity index (χ3v) is 6.80. The summed E-state index contributed by atoms with van der Waals surface area (Å²) < 4.78 is 12.0. The van der Waals surface area contributed by atoms with Gasteiger partial charge >= 0.3 is 5.97 Å². The van der Waals surface area contributed by atoms with E-state index in [0.717, 1.165) is 23.6 Å². The number of nitrogens with one attached hydrogen (secondary N) is 1. The molecular formula is C21H27N3O5S2. The minimum atomic E-state index is -1.02. The van der Waals surface area contributed by atoms with Crippen LogP contribution in [0.1, 0.15) is 37.2 Å². The van der Waals surface area contributed by atoms with Crippen LogP contribution in [0.4, 0.5) is 5.69 Å². The number of likely N-dealkylation sites (tertiary alicyclic amines) is 1. The van der Waals surface area contributed by atoms with Gasteiger partial charge in [0.15, 0.2) is 10.0 Å². The summed E-state index contributed by atoms with van der Waals surface area (Å²) >= 11 is 2.78. The first-order valence-corrected chi connectivity index (χ1v) is 12.1. The van der Waals surface area contributed by atoms with E-state index in [1.54, 1.807) is 0 Å². The lowest BCUT2D eigenvalue weighted by Crippen LogP contribution is -2.39. The summed E-state index contributed by atoms with van der Waals surface area (Å²) in [6.45, 7) is 6.24. The number of hydrogen-bond donors (Lipinski definition) is 2. The molecule has 0 bridgehead atoms. The monoisotopic (exact) mass is 465 g/mol. The van der Waals surface area contributed by atoms with Crippen LogP contribution in [0, 0.1) is 0 Å². The van der Waals surface area contributed by atoms with Crippen molar-refractivity contribution in [2.24, 2.45) is 0 Å². The summed E-state index contributed by atoms with van der Waals surface area (Å²) in [5.74, 6) is 1.32. The number of anilines is 1. The van der Waals surface area contributed by atoms with Crippen LogP contribution in [0.5, 0.6) is 11.5 Å². The Bertz CT molecular complexity index is 905. The SMILES string of the molecule is CCOc1ccc(OCC)c(NCC2CCC(=O)N2CCSc2nc(C(=O)O)cs2)c1. The van der Waals surface area contributed by atoms with Gasteiger partial charge in [-0.1, -0.05) is 11.8 Å². The molecule has 168 valence electrons. The van der Waals surface area contributed by atoms with Crippen LogP contribution in [0.25, 0.3) is 0 Å². The number of carboxylic acid groups (broad SMARTS) is 1. The molecule has 0 radical (unpaired) electrons. The van der Waals surface area contributed by atoms with Crippen LogP contribution in [0.15, 0.2) is 27.9 Å². The number of aromatic nitrogens is 1. The van der Waals surface area contributed by atoms with Gasteiger partial charge in [0.25, 0.3) is 0 Å². The Morgan fingerprint density at radius 1 is 1.35 bits per heavy atom. The van der Waals surface area contributed by atoms with Crippen molar-refractivity contribution < 1.29 is 24.2 Å². The molecule has 31 heavy (non-hydrogen) atoms. The molecule has 8 nitrogen and oxygen atoms in total. The van der Waals surface area contributed by atoms with Crippen molar-refractivity contribution in [3.8, 4) is 11.5 Å². The Morgan fingerprint density at radius 3 is 2.87 bits per heavy atom. The second-order valence-electron chi connectivity index (χ2n) is 6.84. The first-order valence-electron chi connectivity index (χ1n) is 10.3. The van der Waals surface area contributed by atoms with Crippen molar-refractivity contribution in [1.29, 1.82) is 0 Å². The van der Waals surface area contributed by atoms with Crippen molar-refractivity contribution >= 4 is 40.7 Å². The van der Waals surface area contributed by atoms with Gasteiger partial charge in [-0.05, 0) is 32.4 Å². The van der Waals surface area contributed by atoms with Crippen molar-refractivity contribution in [2.75, 3.05) is 37.4 Å². The first kappa shape index (κ1) is 23.2. The molecule has 1 aliphatic rings. The van der Waals surface area contributed by atoms with Crippen LogP contribution in [-0.4, -0.2) is 65.0 Å². The lowest BCUT2D eigenvalue weighted by atomic mass is 10.2. The Hall–Kier alpha value is -2.46. The van der Waals surface area contributed by atoms with E-state index in [-0.39, 0.29) is 17.6 Å². The number of benzene rings is 1. The fraction of sp³-hybridized carbons (Fsp3) is 0.476. The number of hydrogen-bond acceptors (Lipinski definition) is 8. The summed E-state index contributed by atoms with van der Waals surface area (Å²) in [6, 6.07) is 5.79. The highest BCUT2D eigenvalue weighted by Crippen LogP contribution is 2.31. The molecule has 0 saturated carbocycles. The second kappa shape index (κ2) is 11.2. The van der Waals surface area contributed by atoms with Crippen molar-refractivity contribution in [2.45, 2.75) is 37.1 Å². The van der Waals surface area contributed by atoms with Crippen LogP contribution in [0.2, 0.25) is 0 Å². The van der Waals surface area contributed by atoms with Crippen LogP contribution < -0.4 is 14.8 Å². The molecule has 1 unspecified atom stereocenters. The fourth-order valence-electron chi connectivity index (χ4n) is 3.38. The molecule has 2 N–H and O–H groups in total. The summed E-state index contributed by atoms with van der Waals surface area (Å²) in [5.41, 5.74) is 0.914. The number of ether oxygens (including phenoxy) is 2. The van der Waals surface area contributed by atoms with Gasteiger partial charge in [-0.2, -0.15) is 0 Å². The molecule has 1 saturated heterocycles. The molecule has 1 aromatic carbocycles. The molecule has 1 fully saturated rings. The highest BCUT2D eigenvalue weighted by Gasteiger charge is 2.30. The third-order valence-electron chi connectivity index (χ3n) is 4.80. The van der Waals surface area contributed by atoms with Gasteiger partial charge in [0.05, 0.1) is 18.9 Å². The van der Waals surface area contributed by atoms with E-state index in [9.17, 15) is 9.59 Å². The number of carbonyl (C=O) groups is 2. The van der Waals surface area contributed by atoms with E-state index in [4.69, 9.17) is 14.6 Å². The largest absolute Gasteiger partial charge is 0.494 e. The average Bonchev–Trinajstić information content (AvgIpc) is 3.36. The molecule has 0 aliphatic carbocycles. The maximum Gasteiger partial charge on any atom is 0.355 e. The Labute approximate surface area is 189 Å². The normalized spacial score (nSPS) is 15.9. The van der Waals surface area contributed by atoms with Crippen LogP contribution >= 0.6 is 23.1 Å². The number of carbonyl (C=O) groups excluding carboxylic acids is 1. The fourth-order valence-corrected chi connectivity index (χ4v) is 5.19. The molecule has 10 heteroatoms.